The zero-order chi connectivity index (χ0) is 26.1. The fourth-order valence-corrected chi connectivity index (χ4v) is 5.13. The molecule has 2 heterocycles. The van der Waals surface area contributed by atoms with E-state index in [0.717, 1.165) is 22.5 Å². The number of methoxy groups -OCH3 is 1. The molecule has 1 saturated heterocycles. The van der Waals surface area contributed by atoms with Crippen LogP contribution in [0.4, 0.5) is 5.13 Å². The van der Waals surface area contributed by atoms with Crippen LogP contribution in [0.25, 0.3) is 5.76 Å². The number of carbonyl (C=O) groups excluding carboxylic acids is 3. The van der Waals surface area contributed by atoms with Crippen molar-refractivity contribution in [1.29, 1.82) is 0 Å². The predicted octanol–water partition coefficient (Wildman–Crippen LogP) is 4.88. The smallest absolute Gasteiger partial charge is 0.350 e. The number of hydrogen-bond donors (Lipinski definition) is 1. The molecule has 0 aliphatic carbocycles. The third-order valence-electron chi connectivity index (χ3n) is 5.98. The Balaban J connectivity index is 1.94. The highest BCUT2D eigenvalue weighted by Gasteiger charge is 2.48. The summed E-state index contributed by atoms with van der Waals surface area (Å²) in [6, 6.07) is 11.4. The van der Waals surface area contributed by atoms with Crippen LogP contribution in [0.15, 0.2) is 48.0 Å². The number of carbonyl (C=O) groups is 3. The van der Waals surface area contributed by atoms with E-state index < -0.39 is 23.7 Å². The molecule has 1 atom stereocenters. The molecule has 4 rings (SSSR count). The normalized spacial score (nSPS) is 16.9. The SMILES string of the molecule is CCOC(=O)c1sc(N2C(=O)C(=O)C(=C(O)c3cc(C)ccc3C)C2c2ccc(OC)cc2)nc1C. The minimum Gasteiger partial charge on any atom is -0.507 e. The van der Waals surface area contributed by atoms with E-state index in [-0.39, 0.29) is 27.9 Å². The van der Waals surface area contributed by atoms with Crippen LogP contribution in [0.3, 0.4) is 0 Å². The van der Waals surface area contributed by atoms with Crippen molar-refractivity contribution in [3.05, 3.63) is 80.9 Å². The van der Waals surface area contributed by atoms with Gasteiger partial charge in [-0.1, -0.05) is 41.2 Å². The highest BCUT2D eigenvalue weighted by molar-refractivity contribution is 7.17. The number of nitrogens with zero attached hydrogens (tertiary/aromatic N) is 2. The van der Waals surface area contributed by atoms with Crippen molar-refractivity contribution in [2.45, 2.75) is 33.7 Å². The molecule has 0 radical (unpaired) electrons. The number of aryl methyl sites for hydroxylation is 3. The van der Waals surface area contributed by atoms with Crippen LogP contribution < -0.4 is 9.64 Å². The fourth-order valence-electron chi connectivity index (χ4n) is 4.14. The maximum absolute atomic E-state index is 13.4. The third-order valence-corrected chi connectivity index (χ3v) is 7.11. The van der Waals surface area contributed by atoms with Gasteiger partial charge >= 0.3 is 11.9 Å². The lowest BCUT2D eigenvalue weighted by molar-refractivity contribution is -0.132. The van der Waals surface area contributed by atoms with Crippen LogP contribution in [-0.4, -0.2) is 41.5 Å². The molecule has 1 fully saturated rings. The lowest BCUT2D eigenvalue weighted by atomic mass is 9.93. The standard InChI is InChI=1S/C27H26N2O6S/c1-6-35-26(33)24-16(4)28-27(36-24)29-21(17-9-11-18(34-5)12-10-17)20(23(31)25(29)32)22(30)19-13-14(2)7-8-15(19)3/h7-13,21,30H,6H2,1-5H3. The average Bonchev–Trinajstić information content (AvgIpc) is 3.37. The molecule has 1 aliphatic rings. The van der Waals surface area contributed by atoms with Gasteiger partial charge in [0.15, 0.2) is 5.13 Å². The number of amides is 1. The molecule has 36 heavy (non-hydrogen) atoms. The van der Waals surface area contributed by atoms with Crippen molar-refractivity contribution >= 4 is 39.9 Å². The largest absolute Gasteiger partial charge is 0.507 e. The highest BCUT2D eigenvalue weighted by atomic mass is 32.1. The summed E-state index contributed by atoms with van der Waals surface area (Å²) in [4.78, 5) is 45.1. The summed E-state index contributed by atoms with van der Waals surface area (Å²) in [6.45, 7) is 7.23. The Morgan fingerprint density at radius 2 is 1.81 bits per heavy atom. The molecule has 0 spiro atoms. The van der Waals surface area contributed by atoms with E-state index >= 15 is 0 Å². The number of hydrogen-bond acceptors (Lipinski definition) is 8. The number of aliphatic hydroxyl groups excluding tert-OH is 1. The number of thiazole rings is 1. The molecule has 0 bridgehead atoms. The third kappa shape index (κ3) is 4.37. The molecule has 2 aromatic carbocycles. The predicted molar refractivity (Wildman–Crippen MR) is 137 cm³/mol. The van der Waals surface area contributed by atoms with E-state index in [0.29, 0.717) is 22.6 Å². The van der Waals surface area contributed by atoms with E-state index in [4.69, 9.17) is 9.47 Å². The molecule has 1 aromatic heterocycles. The number of benzene rings is 2. The molecule has 186 valence electrons. The summed E-state index contributed by atoms with van der Waals surface area (Å²) >= 11 is 0.970. The van der Waals surface area contributed by atoms with Crippen LogP contribution in [0.1, 0.15) is 50.6 Å². The van der Waals surface area contributed by atoms with Gasteiger partial charge in [-0.2, -0.15) is 0 Å². The monoisotopic (exact) mass is 506 g/mol. The quantitative estimate of drug-likeness (QED) is 0.220. The molecule has 1 N–H and O–H groups in total. The van der Waals surface area contributed by atoms with E-state index in [1.807, 2.05) is 26.0 Å². The van der Waals surface area contributed by atoms with Gasteiger partial charge in [-0.05, 0) is 57.0 Å². The molecule has 8 nitrogen and oxygen atoms in total. The van der Waals surface area contributed by atoms with E-state index in [1.165, 1.54) is 12.0 Å². The van der Waals surface area contributed by atoms with Gasteiger partial charge in [0.25, 0.3) is 5.78 Å². The van der Waals surface area contributed by atoms with Crippen molar-refractivity contribution < 1.29 is 29.0 Å². The second kappa shape index (κ2) is 9.94. The van der Waals surface area contributed by atoms with Gasteiger partial charge in [0.2, 0.25) is 0 Å². The second-order valence-electron chi connectivity index (χ2n) is 8.39. The van der Waals surface area contributed by atoms with Gasteiger partial charge in [0, 0.05) is 5.56 Å². The van der Waals surface area contributed by atoms with Crippen LogP contribution in [0, 0.1) is 20.8 Å². The molecule has 0 saturated carbocycles. The summed E-state index contributed by atoms with van der Waals surface area (Å²) in [6.07, 6.45) is 0. The van der Waals surface area contributed by atoms with Crippen molar-refractivity contribution in [3.63, 3.8) is 0 Å². The lowest BCUT2D eigenvalue weighted by Gasteiger charge is -2.23. The molecule has 1 aliphatic heterocycles. The maximum atomic E-state index is 13.4. The summed E-state index contributed by atoms with van der Waals surface area (Å²) in [7, 11) is 1.54. The highest BCUT2D eigenvalue weighted by Crippen LogP contribution is 2.44. The average molecular weight is 507 g/mol. The van der Waals surface area contributed by atoms with Crippen molar-refractivity contribution in [2.75, 3.05) is 18.6 Å². The van der Waals surface area contributed by atoms with Gasteiger partial charge in [-0.3, -0.25) is 14.5 Å². The van der Waals surface area contributed by atoms with Gasteiger partial charge in [0.1, 0.15) is 16.4 Å². The first-order valence-corrected chi connectivity index (χ1v) is 12.2. The first-order valence-electron chi connectivity index (χ1n) is 11.3. The van der Waals surface area contributed by atoms with Crippen LogP contribution in [0.2, 0.25) is 0 Å². The zero-order valence-electron chi connectivity index (χ0n) is 20.6. The van der Waals surface area contributed by atoms with Crippen LogP contribution in [-0.2, 0) is 14.3 Å². The lowest BCUT2D eigenvalue weighted by Crippen LogP contribution is -2.29. The van der Waals surface area contributed by atoms with Gasteiger partial charge in [-0.25, -0.2) is 9.78 Å². The molecular weight excluding hydrogens is 480 g/mol. The number of ketones is 1. The first-order chi connectivity index (χ1) is 17.2. The number of esters is 1. The molecule has 9 heteroatoms. The topological polar surface area (TPSA) is 106 Å². The second-order valence-corrected chi connectivity index (χ2v) is 9.37. The number of Topliss-reactive ketones (excluding diaryl/α,β-unsaturated/α-hetero) is 1. The summed E-state index contributed by atoms with van der Waals surface area (Å²) in [5, 5.41) is 11.6. The number of aliphatic hydroxyl groups is 1. The maximum Gasteiger partial charge on any atom is 0.350 e. The van der Waals surface area contributed by atoms with Crippen molar-refractivity contribution in [3.8, 4) is 5.75 Å². The number of aromatic nitrogens is 1. The number of anilines is 1. The Morgan fingerprint density at radius 3 is 2.44 bits per heavy atom. The van der Waals surface area contributed by atoms with Crippen molar-refractivity contribution in [2.24, 2.45) is 0 Å². The number of ether oxygens (including phenoxy) is 2. The Morgan fingerprint density at radius 1 is 1.11 bits per heavy atom. The van der Waals surface area contributed by atoms with Gasteiger partial charge in [0.05, 0.1) is 31.0 Å². The van der Waals surface area contributed by atoms with Crippen LogP contribution in [0.5, 0.6) is 5.75 Å². The zero-order valence-corrected chi connectivity index (χ0v) is 21.4. The Bertz CT molecular complexity index is 1390. The van der Waals surface area contributed by atoms with Gasteiger partial charge < -0.3 is 14.6 Å². The van der Waals surface area contributed by atoms with E-state index in [1.54, 1.807) is 44.2 Å². The Hall–Kier alpha value is -3.98. The summed E-state index contributed by atoms with van der Waals surface area (Å²) in [5.41, 5.74) is 3.03. The Labute approximate surface area is 212 Å². The fraction of sp³-hybridized carbons (Fsp3) is 0.259. The molecular formula is C27H26N2O6S. The molecule has 3 aromatic rings. The molecule has 1 amide bonds. The Kier molecular flexibility index (Phi) is 6.94. The molecule has 1 unspecified atom stereocenters. The minimum absolute atomic E-state index is 0.0515. The van der Waals surface area contributed by atoms with Crippen LogP contribution >= 0.6 is 11.3 Å². The summed E-state index contributed by atoms with van der Waals surface area (Å²) in [5.74, 6) is -1.89. The van der Waals surface area contributed by atoms with E-state index in [9.17, 15) is 19.5 Å². The number of rotatable bonds is 6. The van der Waals surface area contributed by atoms with Crippen molar-refractivity contribution in [1.82, 2.24) is 4.98 Å². The first kappa shape index (κ1) is 25.1. The van der Waals surface area contributed by atoms with Gasteiger partial charge in [-0.15, -0.1) is 0 Å². The van der Waals surface area contributed by atoms with E-state index in [2.05, 4.69) is 4.98 Å². The minimum atomic E-state index is -0.962. The summed E-state index contributed by atoms with van der Waals surface area (Å²) < 4.78 is 10.4.